The molecular weight excluding hydrogens is 378 g/mol. The van der Waals surface area contributed by atoms with Crippen molar-refractivity contribution in [3.05, 3.63) is 46.6 Å². The van der Waals surface area contributed by atoms with Gasteiger partial charge in [-0.15, -0.1) is 13.8 Å². The van der Waals surface area contributed by atoms with Crippen LogP contribution in [0.3, 0.4) is 0 Å². The van der Waals surface area contributed by atoms with Gasteiger partial charge in [0, 0.05) is 0 Å². The zero-order valence-corrected chi connectivity index (χ0v) is 17.6. The average molecular weight is 405 g/mol. The van der Waals surface area contributed by atoms with Gasteiger partial charge in [0.25, 0.3) is 0 Å². The van der Waals surface area contributed by atoms with Crippen LogP contribution in [0.25, 0.3) is 0 Å². The fourth-order valence-corrected chi connectivity index (χ4v) is 2.22. The minimum atomic E-state index is 0. The Labute approximate surface area is 163 Å². The van der Waals surface area contributed by atoms with Crippen molar-refractivity contribution in [3.63, 3.8) is 0 Å². The maximum atomic E-state index is 3.26. The summed E-state index contributed by atoms with van der Waals surface area (Å²) >= 11 is 0. The van der Waals surface area contributed by atoms with Crippen molar-refractivity contribution in [2.75, 3.05) is 0 Å². The van der Waals surface area contributed by atoms with E-state index in [1.54, 1.807) is 0 Å². The Morgan fingerprint density at radius 2 is 1.14 bits per heavy atom. The zero-order chi connectivity index (χ0) is 13.4. The third kappa shape index (κ3) is 9.93. The molecule has 0 fully saturated rings. The largest absolute Gasteiger partial charge is 4.00 e. The van der Waals surface area contributed by atoms with Crippen LogP contribution in [-0.2, 0) is 26.2 Å². The first-order chi connectivity index (χ1) is 8.69. The summed E-state index contributed by atoms with van der Waals surface area (Å²) in [7, 11) is 0. The Morgan fingerprint density at radius 3 is 1.33 bits per heavy atom. The number of hydrogen-bond acceptors (Lipinski definition) is 0. The summed E-state index contributed by atoms with van der Waals surface area (Å²) in [6.07, 6.45) is 18.0. The van der Waals surface area contributed by atoms with Gasteiger partial charge >= 0.3 is 26.2 Å². The third-order valence-electron chi connectivity index (χ3n) is 3.40. The van der Waals surface area contributed by atoms with Crippen LogP contribution in [-0.4, -0.2) is 0 Å². The molecule has 2 aliphatic carbocycles. The fraction of sp³-hybridized carbons (Fsp3) is 0.556. The Kier molecular flexibility index (Phi) is 19.2. The van der Waals surface area contributed by atoms with Crippen molar-refractivity contribution >= 4 is 0 Å². The maximum absolute atomic E-state index is 3.26. The standard InChI is InChI=1S/2C9H13.2ClH.Zr/c2*1-3-5-9-7-4-6-8(9)2;;;/h2*4H,3,5-6H2,1-2H3;2*1H;/q2*-1;;;+4/p-2. The summed E-state index contributed by atoms with van der Waals surface area (Å²) in [4.78, 5) is 0. The molecular formula is C18H26Cl2Zr. The molecule has 0 aromatic heterocycles. The van der Waals surface area contributed by atoms with Crippen LogP contribution in [0.4, 0.5) is 0 Å². The Balaban J connectivity index is -0.000000270. The second kappa shape index (κ2) is 15.3. The molecule has 21 heavy (non-hydrogen) atoms. The first-order valence-corrected chi connectivity index (χ1v) is 7.22. The molecule has 0 radical (unpaired) electrons. The van der Waals surface area contributed by atoms with E-state index in [0.29, 0.717) is 0 Å². The van der Waals surface area contributed by atoms with Crippen molar-refractivity contribution in [1.29, 1.82) is 0 Å². The molecule has 0 N–H and O–H groups in total. The number of halogens is 2. The smallest absolute Gasteiger partial charge is 1.00 e. The van der Waals surface area contributed by atoms with E-state index < -0.39 is 0 Å². The van der Waals surface area contributed by atoms with Crippen LogP contribution < -0.4 is 24.8 Å². The predicted octanol–water partition coefficient (Wildman–Crippen LogP) is -0.262. The molecule has 116 valence electrons. The molecule has 0 amide bonds. The van der Waals surface area contributed by atoms with Gasteiger partial charge in [-0.1, -0.05) is 52.4 Å². The molecule has 0 saturated heterocycles. The summed E-state index contributed by atoms with van der Waals surface area (Å²) in [5.74, 6) is 0. The molecule has 0 aromatic rings. The van der Waals surface area contributed by atoms with Crippen molar-refractivity contribution in [2.45, 2.75) is 66.2 Å². The second-order valence-corrected chi connectivity index (χ2v) is 5.12. The molecule has 0 unspecified atom stereocenters. The molecule has 0 atom stereocenters. The van der Waals surface area contributed by atoms with Crippen molar-refractivity contribution in [2.24, 2.45) is 0 Å². The monoisotopic (exact) mass is 402 g/mol. The first-order valence-electron chi connectivity index (χ1n) is 7.22. The number of rotatable bonds is 4. The van der Waals surface area contributed by atoms with Gasteiger partial charge in [-0.05, 0) is 0 Å². The minimum absolute atomic E-state index is 0. The van der Waals surface area contributed by atoms with Crippen LogP contribution in [0.15, 0.2) is 34.4 Å². The van der Waals surface area contributed by atoms with Gasteiger partial charge in [-0.2, -0.15) is 12.2 Å². The van der Waals surface area contributed by atoms with E-state index >= 15 is 0 Å². The fourth-order valence-electron chi connectivity index (χ4n) is 2.22. The van der Waals surface area contributed by atoms with E-state index in [1.165, 1.54) is 48.0 Å². The van der Waals surface area contributed by atoms with Crippen molar-refractivity contribution in [1.82, 2.24) is 0 Å². The summed E-state index contributed by atoms with van der Waals surface area (Å²) < 4.78 is 0. The van der Waals surface area contributed by atoms with Gasteiger partial charge in [0.05, 0.1) is 0 Å². The number of allylic oxidation sites excluding steroid dienone is 8. The Hall–Kier alpha value is 0.423. The van der Waals surface area contributed by atoms with Crippen LogP contribution >= 0.6 is 0 Å². The average Bonchev–Trinajstić information content (AvgIpc) is 2.92. The van der Waals surface area contributed by atoms with Crippen molar-refractivity contribution < 1.29 is 51.0 Å². The van der Waals surface area contributed by atoms with Gasteiger partial charge in [-0.25, -0.2) is 22.3 Å². The van der Waals surface area contributed by atoms with E-state index in [0.717, 1.165) is 12.8 Å². The van der Waals surface area contributed by atoms with Crippen molar-refractivity contribution in [3.8, 4) is 0 Å². The van der Waals surface area contributed by atoms with Crippen LogP contribution in [0.5, 0.6) is 0 Å². The van der Waals surface area contributed by atoms with Gasteiger partial charge in [0.15, 0.2) is 0 Å². The van der Waals surface area contributed by atoms with E-state index in [2.05, 4.69) is 52.0 Å². The predicted molar refractivity (Wildman–Crippen MR) is 80.1 cm³/mol. The van der Waals surface area contributed by atoms with Gasteiger partial charge in [0.2, 0.25) is 0 Å². The summed E-state index contributed by atoms with van der Waals surface area (Å²) in [6.45, 7) is 8.81. The van der Waals surface area contributed by atoms with Crippen LogP contribution in [0.2, 0.25) is 0 Å². The van der Waals surface area contributed by atoms with E-state index in [1.807, 2.05) is 0 Å². The second-order valence-electron chi connectivity index (χ2n) is 5.12. The van der Waals surface area contributed by atoms with Gasteiger partial charge in [-0.3, -0.25) is 12.2 Å². The molecule has 0 saturated carbocycles. The minimum Gasteiger partial charge on any atom is -1.00 e. The van der Waals surface area contributed by atoms with Crippen LogP contribution in [0.1, 0.15) is 66.2 Å². The first kappa shape index (κ1) is 26.3. The summed E-state index contributed by atoms with van der Waals surface area (Å²) in [6, 6.07) is 0. The summed E-state index contributed by atoms with van der Waals surface area (Å²) in [5.41, 5.74) is 5.91. The summed E-state index contributed by atoms with van der Waals surface area (Å²) in [5, 5.41) is 0. The van der Waals surface area contributed by atoms with Gasteiger partial charge < -0.3 is 24.8 Å². The van der Waals surface area contributed by atoms with Gasteiger partial charge in [0.1, 0.15) is 0 Å². The quantitative estimate of drug-likeness (QED) is 0.567. The molecule has 0 aliphatic heterocycles. The Morgan fingerprint density at radius 1 is 0.810 bits per heavy atom. The molecule has 3 heteroatoms. The molecule has 0 aromatic carbocycles. The molecule has 2 rings (SSSR count). The third-order valence-corrected chi connectivity index (χ3v) is 3.40. The number of hydrogen-bond donors (Lipinski definition) is 0. The SMILES string of the molecule is CCCC1=C(C)CC=[C-]1.CCCC1=C(C)CC=[C-]1.[Cl-].[Cl-].[Zr+4]. The molecule has 0 bridgehead atoms. The van der Waals surface area contributed by atoms with E-state index in [4.69, 9.17) is 0 Å². The molecule has 0 heterocycles. The normalized spacial score (nSPS) is 15.0. The van der Waals surface area contributed by atoms with E-state index in [9.17, 15) is 0 Å². The molecule has 2 aliphatic rings. The zero-order valence-electron chi connectivity index (χ0n) is 13.7. The molecule has 0 spiro atoms. The topological polar surface area (TPSA) is 0 Å². The van der Waals surface area contributed by atoms with Crippen LogP contribution in [0, 0.1) is 12.2 Å². The Bertz CT molecular complexity index is 352. The maximum Gasteiger partial charge on any atom is 4.00 e. The van der Waals surface area contributed by atoms with E-state index in [-0.39, 0.29) is 51.0 Å². The molecule has 0 nitrogen and oxygen atoms in total.